The topological polar surface area (TPSA) is 55.8 Å². The van der Waals surface area contributed by atoms with E-state index >= 15 is 0 Å². The molecule has 0 aromatic heterocycles. The van der Waals surface area contributed by atoms with Crippen LogP contribution in [0.2, 0.25) is 0 Å². The van der Waals surface area contributed by atoms with Gasteiger partial charge in [0.1, 0.15) is 11.5 Å². The molecule has 4 rings (SSSR count). The Kier molecular flexibility index (Phi) is 6.64. The number of anilines is 1. The number of carbonyl (C=O) groups is 2. The minimum absolute atomic E-state index is 0.223. The molecule has 1 amide bonds. The zero-order valence-electron chi connectivity index (χ0n) is 19.8. The summed E-state index contributed by atoms with van der Waals surface area (Å²) in [6.07, 6.45) is 1.72. The van der Waals surface area contributed by atoms with E-state index in [1.54, 1.807) is 24.8 Å². The van der Waals surface area contributed by atoms with Crippen molar-refractivity contribution in [3.63, 3.8) is 0 Å². The molecule has 1 heterocycles. The van der Waals surface area contributed by atoms with E-state index in [0.717, 1.165) is 22.4 Å². The van der Waals surface area contributed by atoms with Gasteiger partial charge in [-0.2, -0.15) is 0 Å². The van der Waals surface area contributed by atoms with E-state index in [2.05, 4.69) is 0 Å². The maximum absolute atomic E-state index is 13.6. The zero-order valence-corrected chi connectivity index (χ0v) is 19.8. The van der Waals surface area contributed by atoms with Crippen LogP contribution in [0.5, 0.6) is 11.5 Å². The predicted molar refractivity (Wildman–Crippen MR) is 134 cm³/mol. The van der Waals surface area contributed by atoms with E-state index in [1.165, 1.54) is 0 Å². The van der Waals surface area contributed by atoms with Gasteiger partial charge in [-0.25, -0.2) is 4.79 Å². The summed E-state index contributed by atoms with van der Waals surface area (Å²) in [5, 5.41) is 0. The third kappa shape index (κ3) is 4.64. The first kappa shape index (κ1) is 23.1. The number of hydrogen-bond donors (Lipinski definition) is 0. The molecule has 3 aromatic carbocycles. The maximum Gasteiger partial charge on any atom is 0.340 e. The minimum Gasteiger partial charge on any atom is -0.462 e. The normalized spacial score (nSPS) is 14.6. The number of carbonyl (C=O) groups excluding carboxylic acids is 2. The summed E-state index contributed by atoms with van der Waals surface area (Å²) in [5.74, 6) is 0.573. The SMILES string of the molecule is CCOC(=O)C1=C(C)N(c2ccc(C)c(C)c2)C(=O)C1=Cc1cccc(Oc2ccccc2)c1. The number of esters is 1. The monoisotopic (exact) mass is 453 g/mol. The number of amides is 1. The second-order valence-electron chi connectivity index (χ2n) is 8.14. The van der Waals surface area contributed by atoms with Crippen molar-refractivity contribution in [3.05, 3.63) is 106 Å². The number of nitrogens with zero attached hydrogens (tertiary/aromatic N) is 1. The molecule has 0 saturated carbocycles. The molecule has 172 valence electrons. The number of benzene rings is 3. The lowest BCUT2D eigenvalue weighted by molar-refractivity contribution is -0.138. The van der Waals surface area contributed by atoms with E-state index in [4.69, 9.17) is 9.47 Å². The highest BCUT2D eigenvalue weighted by molar-refractivity contribution is 6.23. The molecule has 5 heteroatoms. The molecular formula is C29H27NO4. The molecule has 34 heavy (non-hydrogen) atoms. The summed E-state index contributed by atoms with van der Waals surface area (Å²) in [4.78, 5) is 28.1. The highest BCUT2D eigenvalue weighted by Gasteiger charge is 2.38. The highest BCUT2D eigenvalue weighted by atomic mass is 16.5. The van der Waals surface area contributed by atoms with Crippen LogP contribution in [0.15, 0.2) is 89.6 Å². The second-order valence-corrected chi connectivity index (χ2v) is 8.14. The number of para-hydroxylation sites is 1. The van der Waals surface area contributed by atoms with Gasteiger partial charge in [-0.15, -0.1) is 0 Å². The van der Waals surface area contributed by atoms with Crippen LogP contribution in [-0.4, -0.2) is 18.5 Å². The first-order chi connectivity index (χ1) is 16.4. The lowest BCUT2D eigenvalue weighted by Gasteiger charge is -2.19. The summed E-state index contributed by atoms with van der Waals surface area (Å²) in [5.41, 5.74) is 4.79. The van der Waals surface area contributed by atoms with Crippen molar-refractivity contribution in [2.24, 2.45) is 0 Å². The van der Waals surface area contributed by atoms with Crippen LogP contribution >= 0.6 is 0 Å². The number of allylic oxidation sites excluding steroid dienone is 1. The molecule has 0 atom stereocenters. The van der Waals surface area contributed by atoms with Crippen molar-refractivity contribution in [2.75, 3.05) is 11.5 Å². The van der Waals surface area contributed by atoms with Crippen LogP contribution in [0.1, 0.15) is 30.5 Å². The Morgan fingerprint density at radius 1 is 0.882 bits per heavy atom. The number of hydrogen-bond acceptors (Lipinski definition) is 4. The van der Waals surface area contributed by atoms with Crippen LogP contribution in [0.25, 0.3) is 6.08 Å². The van der Waals surface area contributed by atoms with Crippen molar-refractivity contribution in [2.45, 2.75) is 27.7 Å². The Balaban J connectivity index is 1.75. The lowest BCUT2D eigenvalue weighted by atomic mass is 10.0. The zero-order chi connectivity index (χ0) is 24.2. The number of ether oxygens (including phenoxy) is 2. The van der Waals surface area contributed by atoms with E-state index < -0.39 is 5.97 Å². The fourth-order valence-corrected chi connectivity index (χ4v) is 3.92. The largest absolute Gasteiger partial charge is 0.462 e. The molecule has 0 bridgehead atoms. The van der Waals surface area contributed by atoms with E-state index in [0.29, 0.717) is 22.8 Å². The smallest absolute Gasteiger partial charge is 0.340 e. The van der Waals surface area contributed by atoms with Crippen LogP contribution in [0.3, 0.4) is 0 Å². The van der Waals surface area contributed by atoms with Gasteiger partial charge in [0, 0.05) is 11.4 Å². The first-order valence-electron chi connectivity index (χ1n) is 11.2. The standard InChI is InChI=1S/C29H27NO4/c1-5-33-29(32)27-21(4)30(23-15-14-19(2)20(3)16-23)28(31)26(27)18-22-10-9-13-25(17-22)34-24-11-7-6-8-12-24/h6-18H,5H2,1-4H3. The molecule has 0 spiro atoms. The Bertz CT molecular complexity index is 1300. The molecular weight excluding hydrogens is 426 g/mol. The average molecular weight is 454 g/mol. The first-order valence-corrected chi connectivity index (χ1v) is 11.2. The molecule has 0 radical (unpaired) electrons. The number of aryl methyl sites for hydroxylation is 2. The molecule has 1 aliphatic rings. The van der Waals surface area contributed by atoms with Gasteiger partial charge in [-0.3, -0.25) is 9.69 Å². The highest BCUT2D eigenvalue weighted by Crippen LogP contribution is 2.36. The van der Waals surface area contributed by atoms with Crippen LogP contribution < -0.4 is 9.64 Å². The summed E-state index contributed by atoms with van der Waals surface area (Å²) >= 11 is 0. The quantitative estimate of drug-likeness (QED) is 0.322. The average Bonchev–Trinajstić information content (AvgIpc) is 3.06. The molecule has 0 aliphatic carbocycles. The third-order valence-electron chi connectivity index (χ3n) is 5.78. The van der Waals surface area contributed by atoms with Gasteiger partial charge in [0.15, 0.2) is 0 Å². The molecule has 0 fully saturated rings. The summed E-state index contributed by atoms with van der Waals surface area (Å²) in [7, 11) is 0. The van der Waals surface area contributed by atoms with Crippen molar-refractivity contribution in [3.8, 4) is 11.5 Å². The van der Waals surface area contributed by atoms with Crippen LogP contribution in [0.4, 0.5) is 5.69 Å². The molecule has 3 aromatic rings. The number of rotatable bonds is 6. The van der Waals surface area contributed by atoms with Gasteiger partial charge in [0.2, 0.25) is 0 Å². The molecule has 0 unspecified atom stereocenters. The van der Waals surface area contributed by atoms with E-state index in [1.807, 2.05) is 86.6 Å². The van der Waals surface area contributed by atoms with Crippen molar-refractivity contribution >= 4 is 23.6 Å². The van der Waals surface area contributed by atoms with E-state index in [-0.39, 0.29) is 18.1 Å². The van der Waals surface area contributed by atoms with Crippen molar-refractivity contribution in [1.29, 1.82) is 0 Å². The van der Waals surface area contributed by atoms with Gasteiger partial charge < -0.3 is 9.47 Å². The van der Waals surface area contributed by atoms with Crippen molar-refractivity contribution < 1.29 is 19.1 Å². The van der Waals surface area contributed by atoms with Gasteiger partial charge in [0.25, 0.3) is 5.91 Å². The van der Waals surface area contributed by atoms with Gasteiger partial charge in [-0.1, -0.05) is 36.4 Å². The van der Waals surface area contributed by atoms with Crippen LogP contribution in [-0.2, 0) is 14.3 Å². The minimum atomic E-state index is -0.511. The second kappa shape index (κ2) is 9.79. The molecule has 5 nitrogen and oxygen atoms in total. The third-order valence-corrected chi connectivity index (χ3v) is 5.78. The van der Waals surface area contributed by atoms with E-state index in [9.17, 15) is 9.59 Å². The van der Waals surface area contributed by atoms with Gasteiger partial charge >= 0.3 is 5.97 Å². The molecule has 1 aliphatic heterocycles. The summed E-state index contributed by atoms with van der Waals surface area (Å²) in [6.45, 7) is 7.77. The van der Waals surface area contributed by atoms with Crippen LogP contribution in [0, 0.1) is 13.8 Å². The Morgan fingerprint density at radius 2 is 1.62 bits per heavy atom. The lowest BCUT2D eigenvalue weighted by Crippen LogP contribution is -2.24. The molecule has 0 N–H and O–H groups in total. The Hall–Kier alpha value is -4.12. The maximum atomic E-state index is 13.6. The predicted octanol–water partition coefficient (Wildman–Crippen LogP) is 6.36. The van der Waals surface area contributed by atoms with Gasteiger partial charge in [-0.05, 0) is 86.9 Å². The van der Waals surface area contributed by atoms with Gasteiger partial charge in [0.05, 0.1) is 17.8 Å². The fourth-order valence-electron chi connectivity index (χ4n) is 3.92. The summed E-state index contributed by atoms with van der Waals surface area (Å²) in [6, 6.07) is 22.7. The molecule has 0 saturated heterocycles. The van der Waals surface area contributed by atoms with Crippen molar-refractivity contribution in [1.82, 2.24) is 0 Å². The Labute approximate surface area is 199 Å². The Morgan fingerprint density at radius 3 is 2.32 bits per heavy atom. The fraction of sp³-hybridized carbons (Fsp3) is 0.172. The summed E-state index contributed by atoms with van der Waals surface area (Å²) < 4.78 is 11.2.